The molecular weight excluding hydrogens is 639 g/mol. The third-order valence-electron chi connectivity index (χ3n) is 8.20. The number of methoxy groups -OCH3 is 2. The second kappa shape index (κ2) is 12.3. The highest BCUT2D eigenvalue weighted by Crippen LogP contribution is 2.51. The summed E-state index contributed by atoms with van der Waals surface area (Å²) in [4.78, 5) is 44.0. The Morgan fingerprint density at radius 1 is 1.22 bits per heavy atom. The molecule has 5 rings (SSSR count). The van der Waals surface area contributed by atoms with Gasteiger partial charge in [0, 0.05) is 12.1 Å². The maximum Gasteiger partial charge on any atom is 0.423 e. The molecule has 1 aromatic carbocycles. The highest BCUT2D eigenvalue weighted by atomic mass is 127. The van der Waals surface area contributed by atoms with E-state index in [2.05, 4.69) is 34.5 Å². The second-order valence-corrected chi connectivity index (χ2v) is 11.7. The van der Waals surface area contributed by atoms with Crippen LogP contribution < -0.4 is 4.74 Å². The molecule has 0 bridgehead atoms. The Bertz CT molecular complexity index is 1420. The van der Waals surface area contributed by atoms with Crippen LogP contribution in [0.4, 0.5) is 4.79 Å². The molecule has 3 amide bonds. The van der Waals surface area contributed by atoms with Crippen LogP contribution in [0.1, 0.15) is 50.3 Å². The number of imide groups is 3. The third-order valence-corrected chi connectivity index (χ3v) is 9.02. The van der Waals surface area contributed by atoms with E-state index in [0.29, 0.717) is 40.1 Å². The van der Waals surface area contributed by atoms with Crippen LogP contribution >= 0.6 is 22.6 Å². The molecule has 1 aliphatic carbocycles. The van der Waals surface area contributed by atoms with Crippen molar-refractivity contribution in [1.82, 2.24) is 9.88 Å². The molecule has 4 atom stereocenters. The van der Waals surface area contributed by atoms with Crippen molar-refractivity contribution in [3.63, 3.8) is 0 Å². The molecule has 2 saturated heterocycles. The number of nitrogens with zero attached hydrogens (tertiary/aromatic N) is 2. The molecular formula is C31H33IN2O7. The quantitative estimate of drug-likeness (QED) is 0.219. The van der Waals surface area contributed by atoms with E-state index in [1.807, 2.05) is 30.3 Å². The standard InChI is InChI=1S/C31H33IN2O7/c1-4-7-19-15-20-27(30(37)34(29(20)36)31(38)40-3)21-16-41-24(26(19)21)10-9-18(23-8-5-6-11-33-23)12-17-13-22(32)28(35)25(14-17)39-2/h5-6,8,11-14,20-21,24,27,35H,4,7,9-10,15-16H2,1-3H3/b18-12-/t20-,21+,24-,27-/m1/s1. The topological polar surface area (TPSA) is 115 Å². The highest BCUT2D eigenvalue weighted by Gasteiger charge is 2.58. The number of halogens is 1. The first-order valence-electron chi connectivity index (χ1n) is 13.8. The lowest BCUT2D eigenvalue weighted by Crippen LogP contribution is -2.38. The van der Waals surface area contributed by atoms with Crippen molar-refractivity contribution < 1.29 is 33.7 Å². The predicted molar refractivity (Wildman–Crippen MR) is 160 cm³/mol. The molecule has 41 heavy (non-hydrogen) atoms. The number of ether oxygens (including phenoxy) is 3. The number of phenols is 1. The number of pyridine rings is 1. The average molecular weight is 673 g/mol. The van der Waals surface area contributed by atoms with Gasteiger partial charge in [0.25, 0.3) is 0 Å². The minimum atomic E-state index is -0.922. The lowest BCUT2D eigenvalue weighted by Gasteiger charge is -2.31. The Balaban J connectivity index is 1.45. The van der Waals surface area contributed by atoms with Crippen LogP contribution in [0.25, 0.3) is 11.6 Å². The first kappa shape index (κ1) is 29.2. The summed E-state index contributed by atoms with van der Waals surface area (Å²) in [5.74, 6) is -1.87. The smallest absolute Gasteiger partial charge is 0.423 e. The molecule has 1 aromatic heterocycles. The van der Waals surface area contributed by atoms with Crippen LogP contribution in [0, 0.1) is 21.3 Å². The zero-order chi connectivity index (χ0) is 29.3. The first-order valence-corrected chi connectivity index (χ1v) is 14.8. The summed E-state index contributed by atoms with van der Waals surface area (Å²) in [6, 6.07) is 9.46. The van der Waals surface area contributed by atoms with Gasteiger partial charge < -0.3 is 19.3 Å². The summed E-state index contributed by atoms with van der Waals surface area (Å²) in [5.41, 5.74) is 4.98. The van der Waals surface area contributed by atoms with Gasteiger partial charge in [-0.15, -0.1) is 0 Å². The van der Waals surface area contributed by atoms with E-state index < -0.39 is 29.7 Å². The van der Waals surface area contributed by atoms with Crippen LogP contribution in [0.3, 0.4) is 0 Å². The Kier molecular flexibility index (Phi) is 8.79. The molecule has 2 aromatic rings. The minimum Gasteiger partial charge on any atom is -0.504 e. The normalized spacial score (nSPS) is 24.0. The van der Waals surface area contributed by atoms with Crippen LogP contribution in [-0.2, 0) is 19.1 Å². The molecule has 3 aliphatic rings. The van der Waals surface area contributed by atoms with Crippen molar-refractivity contribution in [3.05, 3.63) is 62.5 Å². The van der Waals surface area contributed by atoms with Gasteiger partial charge in [-0.1, -0.05) is 25.0 Å². The number of fused-ring (bicyclic) bond motifs is 3. The Hall–Kier alpha value is -3.25. The van der Waals surface area contributed by atoms with Gasteiger partial charge >= 0.3 is 6.09 Å². The number of carbonyl (C=O) groups excluding carboxylic acids is 3. The summed E-state index contributed by atoms with van der Waals surface area (Å²) < 4.78 is 17.1. The molecule has 0 radical (unpaired) electrons. The van der Waals surface area contributed by atoms with Crippen LogP contribution in [0.2, 0.25) is 0 Å². The van der Waals surface area contributed by atoms with Crippen molar-refractivity contribution in [2.75, 3.05) is 20.8 Å². The molecule has 216 valence electrons. The molecule has 0 unspecified atom stereocenters. The molecule has 1 N–H and O–H groups in total. The van der Waals surface area contributed by atoms with E-state index in [1.54, 1.807) is 12.3 Å². The van der Waals surface area contributed by atoms with Gasteiger partial charge in [-0.05, 0) is 95.3 Å². The number of rotatable bonds is 8. The zero-order valence-corrected chi connectivity index (χ0v) is 25.4. The predicted octanol–water partition coefficient (Wildman–Crippen LogP) is 5.60. The zero-order valence-electron chi connectivity index (χ0n) is 23.3. The molecule has 0 spiro atoms. The molecule has 3 heterocycles. The van der Waals surface area contributed by atoms with Crippen LogP contribution in [-0.4, -0.2) is 59.8 Å². The Morgan fingerprint density at radius 2 is 2.02 bits per heavy atom. The van der Waals surface area contributed by atoms with Crippen LogP contribution in [0.15, 0.2) is 47.7 Å². The molecule has 2 aliphatic heterocycles. The number of carbonyl (C=O) groups is 3. The molecule has 9 nitrogen and oxygen atoms in total. The number of amides is 3. The third kappa shape index (κ3) is 5.51. The van der Waals surface area contributed by atoms with E-state index in [4.69, 9.17) is 14.2 Å². The van der Waals surface area contributed by atoms with Crippen LogP contribution in [0.5, 0.6) is 11.5 Å². The first-order chi connectivity index (χ1) is 19.8. The highest BCUT2D eigenvalue weighted by molar-refractivity contribution is 14.1. The number of likely N-dealkylation sites (tertiary alicyclic amines) is 1. The van der Waals surface area contributed by atoms with Gasteiger partial charge in [-0.3, -0.25) is 14.6 Å². The van der Waals surface area contributed by atoms with Crippen molar-refractivity contribution in [2.45, 2.75) is 45.1 Å². The Morgan fingerprint density at radius 3 is 2.71 bits per heavy atom. The van der Waals surface area contributed by atoms with Crippen molar-refractivity contribution in [3.8, 4) is 11.5 Å². The summed E-state index contributed by atoms with van der Waals surface area (Å²) in [5, 5.41) is 10.3. The lowest BCUT2D eigenvalue weighted by atomic mass is 9.68. The molecule has 10 heteroatoms. The van der Waals surface area contributed by atoms with E-state index in [9.17, 15) is 19.5 Å². The van der Waals surface area contributed by atoms with Crippen molar-refractivity contribution >= 4 is 52.1 Å². The fraction of sp³-hybridized carbons (Fsp3) is 0.419. The van der Waals surface area contributed by atoms with Gasteiger partial charge in [0.2, 0.25) is 11.8 Å². The fourth-order valence-electron chi connectivity index (χ4n) is 6.43. The van der Waals surface area contributed by atoms with Gasteiger partial charge in [0.05, 0.1) is 48.0 Å². The largest absolute Gasteiger partial charge is 0.504 e. The SMILES string of the molecule is CCCC1=C2[C@@H](CC/C(=C/c3cc(I)c(O)c(OC)c3)c3ccccn3)OC[C@@H]2[C@@H]2C(=O)N(C(=O)OC)C(=O)[C@@H]2C1. The Labute approximate surface area is 252 Å². The lowest BCUT2D eigenvalue weighted by molar-refractivity contribution is -0.137. The number of hydrogen-bond acceptors (Lipinski definition) is 8. The van der Waals surface area contributed by atoms with Gasteiger partial charge in [0.15, 0.2) is 11.5 Å². The second-order valence-electron chi connectivity index (χ2n) is 10.5. The molecule has 0 saturated carbocycles. The fourth-order valence-corrected chi connectivity index (χ4v) is 7.06. The molecule has 2 fully saturated rings. The van der Waals surface area contributed by atoms with Gasteiger partial charge in [-0.2, -0.15) is 4.90 Å². The van der Waals surface area contributed by atoms with Gasteiger partial charge in [0.1, 0.15) is 0 Å². The monoisotopic (exact) mass is 672 g/mol. The van der Waals surface area contributed by atoms with Crippen molar-refractivity contribution in [1.29, 1.82) is 0 Å². The summed E-state index contributed by atoms with van der Waals surface area (Å²) >= 11 is 2.08. The van der Waals surface area contributed by atoms with E-state index in [-0.39, 0.29) is 17.8 Å². The average Bonchev–Trinajstić information content (AvgIpc) is 3.51. The van der Waals surface area contributed by atoms with Gasteiger partial charge in [-0.25, -0.2) is 4.79 Å². The van der Waals surface area contributed by atoms with E-state index in [0.717, 1.165) is 40.8 Å². The number of hydrogen-bond donors (Lipinski definition) is 1. The van der Waals surface area contributed by atoms with E-state index in [1.165, 1.54) is 14.2 Å². The summed E-state index contributed by atoms with van der Waals surface area (Å²) in [6.07, 6.45) is 6.14. The number of aromatic hydroxyl groups is 1. The number of allylic oxidation sites excluding steroid dienone is 2. The van der Waals surface area contributed by atoms with Crippen molar-refractivity contribution in [2.24, 2.45) is 17.8 Å². The number of phenolic OH excluding ortho intramolecular Hbond substituents is 1. The number of aromatic nitrogens is 1. The maximum atomic E-state index is 13.3. The minimum absolute atomic E-state index is 0.103. The summed E-state index contributed by atoms with van der Waals surface area (Å²) in [7, 11) is 2.70. The van der Waals surface area contributed by atoms with E-state index >= 15 is 0 Å². The summed E-state index contributed by atoms with van der Waals surface area (Å²) in [6.45, 7) is 2.43. The number of benzene rings is 1. The maximum absolute atomic E-state index is 13.3.